The van der Waals surface area contributed by atoms with Gasteiger partial charge in [-0.3, -0.25) is 0 Å². The van der Waals surface area contributed by atoms with Crippen LogP contribution in [0, 0.1) is 57.2 Å². The van der Waals surface area contributed by atoms with E-state index in [-0.39, 0.29) is 5.41 Å². The van der Waals surface area contributed by atoms with Gasteiger partial charge in [0.1, 0.15) is 0 Å². The molecule has 1 N–H and O–H groups in total. The van der Waals surface area contributed by atoms with E-state index in [9.17, 15) is 9.90 Å². The number of allylic oxidation sites excluding steroid dienone is 3. The molecule has 1 aromatic carbocycles. The summed E-state index contributed by atoms with van der Waals surface area (Å²) in [4.78, 5) is 11.4. The van der Waals surface area contributed by atoms with Crippen LogP contribution in [0.4, 0.5) is 0 Å². The van der Waals surface area contributed by atoms with Gasteiger partial charge in [-0.15, -0.1) is 0 Å². The zero-order valence-corrected chi connectivity index (χ0v) is 25.5. The lowest BCUT2D eigenvalue weighted by molar-refractivity contribution is -0.215. The summed E-state index contributed by atoms with van der Waals surface area (Å²) in [6, 6.07) is 7.64. The fraction of sp³-hybridized carbons (Fsp3) is 0.703. The van der Waals surface area contributed by atoms with Gasteiger partial charge in [-0.05, 0) is 145 Å². The number of carboxylic acid groups (broad SMARTS) is 1. The maximum atomic E-state index is 11.4. The van der Waals surface area contributed by atoms with Crippen LogP contribution in [0.2, 0.25) is 0 Å². The first-order chi connectivity index (χ1) is 18.4. The molecule has 0 heterocycles. The van der Waals surface area contributed by atoms with Crippen LogP contribution in [0.5, 0.6) is 0 Å². The quantitative estimate of drug-likeness (QED) is 0.395. The highest BCUT2D eigenvalue weighted by atomic mass is 16.4. The van der Waals surface area contributed by atoms with E-state index in [0.29, 0.717) is 27.7 Å². The Hall–Kier alpha value is -1.83. The molecule has 0 saturated heterocycles. The summed E-state index contributed by atoms with van der Waals surface area (Å²) in [5.41, 5.74) is 5.77. The van der Waals surface area contributed by atoms with Gasteiger partial charge < -0.3 is 5.11 Å². The van der Waals surface area contributed by atoms with E-state index in [4.69, 9.17) is 0 Å². The van der Waals surface area contributed by atoms with Crippen molar-refractivity contribution in [3.63, 3.8) is 0 Å². The highest BCUT2D eigenvalue weighted by Gasteiger charge is 2.68. The number of aromatic carboxylic acids is 1. The third kappa shape index (κ3) is 3.68. The predicted molar refractivity (Wildman–Crippen MR) is 161 cm³/mol. The van der Waals surface area contributed by atoms with Crippen molar-refractivity contribution in [2.24, 2.45) is 57.2 Å². The first-order valence-corrected chi connectivity index (χ1v) is 16.1. The average molecular weight is 529 g/mol. The van der Waals surface area contributed by atoms with E-state index in [1.165, 1.54) is 68.1 Å². The normalized spacial score (nSPS) is 44.3. The molecule has 6 rings (SSSR count). The van der Waals surface area contributed by atoms with Crippen molar-refractivity contribution in [1.82, 2.24) is 0 Å². The molecule has 5 aliphatic carbocycles. The number of carboxylic acids is 1. The second kappa shape index (κ2) is 9.09. The summed E-state index contributed by atoms with van der Waals surface area (Å²) in [7, 11) is 0. The smallest absolute Gasteiger partial charge is 0.335 e. The highest BCUT2D eigenvalue weighted by Crippen LogP contribution is 2.76. The zero-order valence-electron chi connectivity index (χ0n) is 25.5. The van der Waals surface area contributed by atoms with Crippen LogP contribution in [-0.2, 0) is 0 Å². The first-order valence-electron chi connectivity index (χ1n) is 16.1. The summed E-state index contributed by atoms with van der Waals surface area (Å²) in [5.74, 6) is 4.02. The fourth-order valence-electron chi connectivity index (χ4n) is 12.2. The number of carbonyl (C=O) groups is 1. The number of rotatable bonds is 4. The Morgan fingerprint density at radius 2 is 1.59 bits per heavy atom. The lowest BCUT2D eigenvalue weighted by Gasteiger charge is -2.71. The molecule has 0 bridgehead atoms. The third-order valence-corrected chi connectivity index (χ3v) is 14.3. The van der Waals surface area contributed by atoms with E-state index in [2.05, 4.69) is 54.2 Å². The minimum Gasteiger partial charge on any atom is -0.478 e. The van der Waals surface area contributed by atoms with E-state index >= 15 is 0 Å². The van der Waals surface area contributed by atoms with Gasteiger partial charge in [-0.2, -0.15) is 0 Å². The topological polar surface area (TPSA) is 37.3 Å². The number of fused-ring (bicyclic) bond motifs is 7. The van der Waals surface area contributed by atoms with Crippen molar-refractivity contribution in [3.8, 4) is 0 Å². The number of benzene rings is 1. The number of hydrogen-bond acceptors (Lipinski definition) is 1. The summed E-state index contributed by atoms with van der Waals surface area (Å²) in [6.45, 7) is 20.0. The molecule has 5 aliphatic rings. The summed E-state index contributed by atoms with van der Waals surface area (Å²) in [6.07, 6.45) is 16.0. The van der Waals surface area contributed by atoms with Crippen LogP contribution in [-0.4, -0.2) is 11.1 Å². The zero-order chi connectivity index (χ0) is 28.0. The van der Waals surface area contributed by atoms with Crippen LogP contribution in [0.1, 0.15) is 122 Å². The maximum absolute atomic E-state index is 11.4. The fourth-order valence-corrected chi connectivity index (χ4v) is 12.2. The Labute approximate surface area is 237 Å². The molecule has 212 valence electrons. The predicted octanol–water partition coefficient (Wildman–Crippen LogP) is 10.1. The van der Waals surface area contributed by atoms with Crippen molar-refractivity contribution in [1.29, 1.82) is 0 Å². The molecule has 0 radical (unpaired) electrons. The molecule has 0 aromatic heterocycles. The molecule has 0 aliphatic heterocycles. The maximum Gasteiger partial charge on any atom is 0.335 e. The molecule has 4 fully saturated rings. The van der Waals surface area contributed by atoms with Gasteiger partial charge in [0.15, 0.2) is 0 Å². The molecule has 9 atom stereocenters. The second-order valence-electron chi connectivity index (χ2n) is 15.7. The molecule has 39 heavy (non-hydrogen) atoms. The van der Waals surface area contributed by atoms with Crippen molar-refractivity contribution in [2.45, 2.75) is 106 Å². The van der Waals surface area contributed by atoms with Crippen LogP contribution in [0.25, 0.3) is 5.57 Å². The van der Waals surface area contributed by atoms with Gasteiger partial charge >= 0.3 is 5.97 Å². The Morgan fingerprint density at radius 3 is 2.26 bits per heavy atom. The van der Waals surface area contributed by atoms with Crippen LogP contribution in [0.3, 0.4) is 0 Å². The standard InChI is InChI=1S/C37H52O2/c1-8-23(2)27-14-13-25-17-21-36(6)29(32(25)27)15-16-31-35(5)20-18-28(24-9-11-26(12-10-24)33(38)39)34(3,4)30(35)19-22-37(31,36)7/h9-12,18,25,27,29-32H,2,8,13-17,19-22H2,1,3-7H3,(H,38,39). The van der Waals surface area contributed by atoms with E-state index in [0.717, 1.165) is 42.4 Å². The summed E-state index contributed by atoms with van der Waals surface area (Å²) >= 11 is 0. The van der Waals surface area contributed by atoms with E-state index in [1.807, 2.05) is 12.1 Å². The Kier molecular flexibility index (Phi) is 6.37. The molecular formula is C37H52O2. The second-order valence-corrected chi connectivity index (χ2v) is 15.7. The van der Waals surface area contributed by atoms with Crippen molar-refractivity contribution >= 4 is 11.5 Å². The first kappa shape index (κ1) is 27.3. The monoisotopic (exact) mass is 528 g/mol. The Bertz CT molecular complexity index is 1190. The van der Waals surface area contributed by atoms with Crippen LogP contribution < -0.4 is 0 Å². The van der Waals surface area contributed by atoms with Crippen LogP contribution in [0.15, 0.2) is 42.5 Å². The van der Waals surface area contributed by atoms with Crippen LogP contribution >= 0.6 is 0 Å². The Morgan fingerprint density at radius 1 is 0.897 bits per heavy atom. The minimum atomic E-state index is -0.848. The molecule has 2 nitrogen and oxygen atoms in total. The van der Waals surface area contributed by atoms with Gasteiger partial charge in [0.05, 0.1) is 5.56 Å². The van der Waals surface area contributed by atoms with Gasteiger partial charge in [0.25, 0.3) is 0 Å². The highest BCUT2D eigenvalue weighted by molar-refractivity contribution is 5.88. The summed E-state index contributed by atoms with van der Waals surface area (Å²) in [5, 5.41) is 9.40. The van der Waals surface area contributed by atoms with E-state index < -0.39 is 5.97 Å². The summed E-state index contributed by atoms with van der Waals surface area (Å²) < 4.78 is 0. The largest absolute Gasteiger partial charge is 0.478 e. The van der Waals surface area contributed by atoms with Crippen molar-refractivity contribution in [2.75, 3.05) is 0 Å². The molecule has 0 spiro atoms. The molecule has 4 saturated carbocycles. The van der Waals surface area contributed by atoms with Gasteiger partial charge in [-0.25, -0.2) is 4.79 Å². The van der Waals surface area contributed by atoms with Gasteiger partial charge in [0, 0.05) is 0 Å². The SMILES string of the molecule is C=C(CC)C1CCC2CCC3(C)C(CCC4C5(C)CC=C(c6ccc(C(=O)O)cc6)C(C)(C)C5CCC43C)C21. The molecule has 1 aromatic rings. The minimum absolute atomic E-state index is 0.0733. The lowest BCUT2D eigenvalue weighted by Crippen LogP contribution is -2.64. The van der Waals surface area contributed by atoms with Gasteiger partial charge in [-0.1, -0.05) is 71.9 Å². The van der Waals surface area contributed by atoms with Crippen molar-refractivity contribution < 1.29 is 9.90 Å². The molecular weight excluding hydrogens is 476 g/mol. The average Bonchev–Trinajstić information content (AvgIpc) is 3.32. The van der Waals surface area contributed by atoms with Gasteiger partial charge in [0.2, 0.25) is 0 Å². The number of hydrogen-bond donors (Lipinski definition) is 1. The third-order valence-electron chi connectivity index (χ3n) is 14.3. The Balaban J connectivity index is 1.34. The lowest BCUT2D eigenvalue weighted by atomic mass is 9.33. The van der Waals surface area contributed by atoms with E-state index in [1.54, 1.807) is 12.1 Å². The molecule has 0 amide bonds. The molecule has 9 unspecified atom stereocenters. The van der Waals surface area contributed by atoms with Crippen molar-refractivity contribution in [3.05, 3.63) is 53.6 Å². The molecule has 2 heteroatoms.